The largest absolute Gasteiger partial charge is 0.423 e. The van der Waals surface area contributed by atoms with E-state index in [0.29, 0.717) is 17.0 Å². The second-order valence-corrected chi connectivity index (χ2v) is 9.99. The number of imide groups is 1. The van der Waals surface area contributed by atoms with Crippen LogP contribution in [0, 0.1) is 5.92 Å². The first kappa shape index (κ1) is 24.7. The van der Waals surface area contributed by atoms with Gasteiger partial charge in [-0.05, 0) is 53.4 Å². The standard InChI is InChI=1S/C34H24N2O5/c37-32-29-30(23-18-20-26(21-19-23)40-34(39)24-11-3-1-4-12-24)36(25-14-5-2-6-15-25)41-31(29)33(38)35(32)28-17-9-13-22-10-7-8-16-27(22)28/h1-21,29-31H/t29-,30-,31+/m1/s1. The summed E-state index contributed by atoms with van der Waals surface area (Å²) in [6.07, 6.45) is -0.984. The highest BCUT2D eigenvalue weighted by Gasteiger charge is 2.60. The number of hydroxylamine groups is 1. The Morgan fingerprint density at radius 2 is 1.34 bits per heavy atom. The van der Waals surface area contributed by atoms with Gasteiger partial charge < -0.3 is 4.74 Å². The van der Waals surface area contributed by atoms with Crippen molar-refractivity contribution in [3.05, 3.63) is 139 Å². The Bertz CT molecular complexity index is 1770. The van der Waals surface area contributed by atoms with Crippen LogP contribution in [0.25, 0.3) is 10.8 Å². The molecule has 7 rings (SSSR count). The predicted octanol–water partition coefficient (Wildman–Crippen LogP) is 6.11. The van der Waals surface area contributed by atoms with Crippen molar-refractivity contribution in [3.63, 3.8) is 0 Å². The lowest BCUT2D eigenvalue weighted by Gasteiger charge is -2.29. The molecule has 2 heterocycles. The summed E-state index contributed by atoms with van der Waals surface area (Å²) in [5.41, 5.74) is 2.47. The average molecular weight is 541 g/mol. The van der Waals surface area contributed by atoms with E-state index in [-0.39, 0.29) is 5.91 Å². The van der Waals surface area contributed by atoms with Crippen LogP contribution in [0.15, 0.2) is 127 Å². The molecular formula is C34H24N2O5. The van der Waals surface area contributed by atoms with E-state index in [1.54, 1.807) is 59.7 Å². The van der Waals surface area contributed by atoms with Gasteiger partial charge in [0.15, 0.2) is 6.10 Å². The van der Waals surface area contributed by atoms with Gasteiger partial charge in [0.2, 0.25) is 5.91 Å². The maximum absolute atomic E-state index is 14.1. The zero-order valence-corrected chi connectivity index (χ0v) is 21.8. The van der Waals surface area contributed by atoms with Gasteiger partial charge >= 0.3 is 5.97 Å². The number of hydrogen-bond donors (Lipinski definition) is 0. The second-order valence-electron chi connectivity index (χ2n) is 9.99. The Hall–Kier alpha value is -5.27. The topological polar surface area (TPSA) is 76.2 Å². The number of ether oxygens (including phenoxy) is 1. The minimum Gasteiger partial charge on any atom is -0.423 e. The molecule has 2 fully saturated rings. The number of para-hydroxylation sites is 1. The van der Waals surface area contributed by atoms with Crippen molar-refractivity contribution in [1.29, 1.82) is 0 Å². The molecule has 0 aliphatic carbocycles. The van der Waals surface area contributed by atoms with E-state index in [4.69, 9.17) is 9.57 Å². The molecule has 7 heteroatoms. The van der Waals surface area contributed by atoms with Crippen LogP contribution in [-0.4, -0.2) is 23.9 Å². The summed E-state index contributed by atoms with van der Waals surface area (Å²) >= 11 is 0. The summed E-state index contributed by atoms with van der Waals surface area (Å²) < 4.78 is 5.56. The van der Waals surface area contributed by atoms with Crippen molar-refractivity contribution in [3.8, 4) is 5.75 Å². The van der Waals surface area contributed by atoms with Gasteiger partial charge in [0, 0.05) is 5.39 Å². The quantitative estimate of drug-likeness (QED) is 0.152. The van der Waals surface area contributed by atoms with Crippen molar-refractivity contribution < 1.29 is 24.0 Å². The molecule has 0 saturated carbocycles. The Kier molecular flexibility index (Phi) is 6.06. The van der Waals surface area contributed by atoms with Crippen molar-refractivity contribution in [2.75, 3.05) is 9.96 Å². The lowest BCUT2D eigenvalue weighted by molar-refractivity contribution is -0.126. The first-order valence-corrected chi connectivity index (χ1v) is 13.3. The molecule has 2 aliphatic rings. The highest BCUT2D eigenvalue weighted by atomic mass is 16.7. The molecule has 0 unspecified atom stereocenters. The summed E-state index contributed by atoms with van der Waals surface area (Å²) in [6, 6.07) is 37.8. The van der Waals surface area contributed by atoms with E-state index in [9.17, 15) is 14.4 Å². The molecule has 200 valence electrons. The lowest BCUT2D eigenvalue weighted by Crippen LogP contribution is -2.37. The molecule has 3 atom stereocenters. The number of carbonyl (C=O) groups is 3. The van der Waals surface area contributed by atoms with Crippen LogP contribution in [0.1, 0.15) is 22.0 Å². The van der Waals surface area contributed by atoms with E-state index in [1.807, 2.05) is 72.8 Å². The number of anilines is 2. The highest BCUT2D eigenvalue weighted by molar-refractivity contribution is 6.26. The van der Waals surface area contributed by atoms with Gasteiger partial charge in [-0.2, -0.15) is 0 Å². The maximum atomic E-state index is 14.1. The van der Waals surface area contributed by atoms with Crippen LogP contribution in [0.4, 0.5) is 11.4 Å². The minimum absolute atomic E-state index is 0.320. The van der Waals surface area contributed by atoms with E-state index in [2.05, 4.69) is 0 Å². The zero-order valence-electron chi connectivity index (χ0n) is 21.8. The Morgan fingerprint density at radius 1 is 0.683 bits per heavy atom. The molecule has 7 nitrogen and oxygen atoms in total. The third-order valence-corrected chi connectivity index (χ3v) is 7.58. The average Bonchev–Trinajstić information content (AvgIpc) is 3.53. The monoisotopic (exact) mass is 540 g/mol. The van der Waals surface area contributed by atoms with Gasteiger partial charge in [0.25, 0.3) is 5.91 Å². The van der Waals surface area contributed by atoms with Crippen LogP contribution in [0.2, 0.25) is 0 Å². The van der Waals surface area contributed by atoms with Crippen LogP contribution in [-0.2, 0) is 14.4 Å². The molecule has 0 aromatic heterocycles. The molecule has 2 aliphatic heterocycles. The molecule has 2 amide bonds. The molecule has 5 aromatic carbocycles. The van der Waals surface area contributed by atoms with Gasteiger partial charge in [0.1, 0.15) is 11.7 Å². The predicted molar refractivity (Wildman–Crippen MR) is 154 cm³/mol. The fraction of sp³-hybridized carbons (Fsp3) is 0.0882. The normalized spacial score (nSPS) is 20.0. The van der Waals surface area contributed by atoms with E-state index in [0.717, 1.165) is 22.0 Å². The molecule has 2 saturated heterocycles. The van der Waals surface area contributed by atoms with Crippen molar-refractivity contribution in [2.45, 2.75) is 12.1 Å². The smallest absolute Gasteiger partial charge is 0.343 e. The zero-order chi connectivity index (χ0) is 27.9. The summed E-state index contributed by atoms with van der Waals surface area (Å²) in [5.74, 6) is -1.58. The summed E-state index contributed by atoms with van der Waals surface area (Å²) in [5, 5.41) is 3.40. The SMILES string of the molecule is O=C(Oc1ccc([C@@H]2[C@H]3C(=O)N(c4cccc5ccccc45)C(=O)[C@H]3ON2c2ccccc2)cc1)c1ccccc1. The maximum Gasteiger partial charge on any atom is 0.343 e. The molecule has 0 N–H and O–H groups in total. The molecule has 0 spiro atoms. The lowest BCUT2D eigenvalue weighted by atomic mass is 9.90. The van der Waals surface area contributed by atoms with E-state index < -0.39 is 29.9 Å². The van der Waals surface area contributed by atoms with Gasteiger partial charge in [0.05, 0.1) is 23.0 Å². The number of benzene rings is 5. The number of rotatable bonds is 5. The van der Waals surface area contributed by atoms with Crippen molar-refractivity contribution in [1.82, 2.24) is 0 Å². The second kappa shape index (κ2) is 10.0. The van der Waals surface area contributed by atoms with Gasteiger partial charge in [-0.25, -0.2) is 14.8 Å². The molecule has 41 heavy (non-hydrogen) atoms. The van der Waals surface area contributed by atoms with E-state index in [1.165, 1.54) is 4.90 Å². The third-order valence-electron chi connectivity index (χ3n) is 7.58. The summed E-state index contributed by atoms with van der Waals surface area (Å²) in [6.45, 7) is 0. The fourth-order valence-corrected chi connectivity index (χ4v) is 5.67. The number of esters is 1. The summed E-state index contributed by atoms with van der Waals surface area (Å²) in [4.78, 5) is 48.0. The minimum atomic E-state index is -0.984. The number of nitrogens with zero attached hydrogens (tertiary/aromatic N) is 2. The highest BCUT2D eigenvalue weighted by Crippen LogP contribution is 2.48. The molecular weight excluding hydrogens is 516 g/mol. The fourth-order valence-electron chi connectivity index (χ4n) is 5.67. The Labute approximate surface area is 236 Å². The number of hydrogen-bond acceptors (Lipinski definition) is 6. The first-order valence-electron chi connectivity index (χ1n) is 13.3. The van der Waals surface area contributed by atoms with Crippen molar-refractivity contribution >= 4 is 39.9 Å². The van der Waals surface area contributed by atoms with Crippen LogP contribution < -0.4 is 14.7 Å². The van der Waals surface area contributed by atoms with Gasteiger partial charge in [-0.1, -0.05) is 84.9 Å². The van der Waals surface area contributed by atoms with Gasteiger partial charge in [-0.15, -0.1) is 0 Å². The summed E-state index contributed by atoms with van der Waals surface area (Å²) in [7, 11) is 0. The third kappa shape index (κ3) is 4.23. The molecule has 0 bridgehead atoms. The van der Waals surface area contributed by atoms with Crippen molar-refractivity contribution in [2.24, 2.45) is 5.92 Å². The van der Waals surface area contributed by atoms with Gasteiger partial charge in [-0.3, -0.25) is 14.4 Å². The van der Waals surface area contributed by atoms with E-state index >= 15 is 0 Å². The Morgan fingerprint density at radius 3 is 2.10 bits per heavy atom. The first-order chi connectivity index (χ1) is 20.1. The Balaban J connectivity index is 1.24. The number of carbonyl (C=O) groups excluding carboxylic acids is 3. The molecule has 5 aromatic rings. The number of fused-ring (bicyclic) bond motifs is 2. The van der Waals surface area contributed by atoms with Crippen LogP contribution >= 0.6 is 0 Å². The molecule has 0 radical (unpaired) electrons. The number of amides is 2. The van der Waals surface area contributed by atoms with Crippen LogP contribution in [0.5, 0.6) is 5.75 Å². The van der Waals surface area contributed by atoms with Crippen LogP contribution in [0.3, 0.4) is 0 Å².